The van der Waals surface area contributed by atoms with E-state index in [1.807, 2.05) is 43.3 Å². The molecule has 0 aromatic heterocycles. The smallest absolute Gasteiger partial charge is 0.222 e. The van der Waals surface area contributed by atoms with Gasteiger partial charge in [0.1, 0.15) is 0 Å². The van der Waals surface area contributed by atoms with E-state index in [4.69, 9.17) is 11.6 Å². The maximum atomic E-state index is 12.3. The van der Waals surface area contributed by atoms with Gasteiger partial charge in [-0.2, -0.15) is 0 Å². The lowest BCUT2D eigenvalue weighted by atomic mass is 10.0. The van der Waals surface area contributed by atoms with Crippen molar-refractivity contribution >= 4 is 39.3 Å². The van der Waals surface area contributed by atoms with E-state index in [2.05, 4.69) is 26.6 Å². The van der Waals surface area contributed by atoms with Crippen molar-refractivity contribution in [2.45, 2.75) is 32.9 Å². The maximum Gasteiger partial charge on any atom is 0.222 e. The highest BCUT2D eigenvalue weighted by molar-refractivity contribution is 9.10. The molecule has 2 amide bonds. The van der Waals surface area contributed by atoms with Crippen LogP contribution < -0.4 is 10.6 Å². The van der Waals surface area contributed by atoms with Gasteiger partial charge in [0.2, 0.25) is 11.8 Å². The summed E-state index contributed by atoms with van der Waals surface area (Å²) in [7, 11) is 0. The summed E-state index contributed by atoms with van der Waals surface area (Å²) in [6.45, 7) is 3.78. The Morgan fingerprint density at radius 2 is 1.84 bits per heavy atom. The van der Waals surface area contributed by atoms with Gasteiger partial charge < -0.3 is 10.6 Å². The molecule has 2 N–H and O–H groups in total. The van der Waals surface area contributed by atoms with E-state index in [9.17, 15) is 9.59 Å². The van der Waals surface area contributed by atoms with Gasteiger partial charge in [0.15, 0.2) is 0 Å². The third-order valence-electron chi connectivity index (χ3n) is 3.74. The first-order chi connectivity index (χ1) is 11.8. The predicted octanol–water partition coefficient (Wildman–Crippen LogP) is 4.29. The number of carbonyl (C=O) groups is 2. The average Bonchev–Trinajstić information content (AvgIpc) is 2.53. The van der Waals surface area contributed by atoms with Crippen LogP contribution in [0.25, 0.3) is 0 Å². The Kier molecular flexibility index (Phi) is 7.02. The number of amides is 2. The Hall–Kier alpha value is -1.85. The van der Waals surface area contributed by atoms with Crippen LogP contribution in [0.5, 0.6) is 0 Å². The second kappa shape index (κ2) is 9.02. The van der Waals surface area contributed by atoms with Crippen LogP contribution in [0, 0.1) is 6.92 Å². The zero-order chi connectivity index (χ0) is 18.4. The van der Waals surface area contributed by atoms with Crippen molar-refractivity contribution in [1.29, 1.82) is 0 Å². The molecule has 2 rings (SSSR count). The first-order valence-corrected chi connectivity index (χ1v) is 9.06. The van der Waals surface area contributed by atoms with Gasteiger partial charge in [0.25, 0.3) is 0 Å². The first-order valence-electron chi connectivity index (χ1n) is 7.89. The van der Waals surface area contributed by atoms with Crippen LogP contribution in [0.2, 0.25) is 5.02 Å². The molecule has 1 atom stereocenters. The van der Waals surface area contributed by atoms with Gasteiger partial charge in [-0.05, 0) is 30.2 Å². The fourth-order valence-electron chi connectivity index (χ4n) is 2.41. The zero-order valence-corrected chi connectivity index (χ0v) is 16.4. The molecular formula is C19H20BrClN2O2. The van der Waals surface area contributed by atoms with E-state index in [1.165, 1.54) is 6.92 Å². The van der Waals surface area contributed by atoms with Crippen molar-refractivity contribution in [2.24, 2.45) is 0 Å². The molecular weight excluding hydrogens is 404 g/mol. The lowest BCUT2D eigenvalue weighted by molar-refractivity contribution is -0.122. The van der Waals surface area contributed by atoms with Gasteiger partial charge in [0.05, 0.1) is 12.5 Å². The molecule has 2 aromatic rings. The second-order valence-electron chi connectivity index (χ2n) is 5.88. The number of carbonyl (C=O) groups excluding carboxylic acids is 2. The molecule has 0 fully saturated rings. The van der Waals surface area contributed by atoms with E-state index in [0.29, 0.717) is 11.6 Å². The Morgan fingerprint density at radius 3 is 2.44 bits per heavy atom. The summed E-state index contributed by atoms with van der Waals surface area (Å²) in [6, 6.07) is 12.9. The van der Waals surface area contributed by atoms with Crippen molar-refractivity contribution < 1.29 is 9.59 Å². The minimum Gasteiger partial charge on any atom is -0.352 e. The summed E-state index contributed by atoms with van der Waals surface area (Å²) in [5.41, 5.74) is 2.86. The van der Waals surface area contributed by atoms with Crippen molar-refractivity contribution in [2.75, 3.05) is 0 Å². The highest BCUT2D eigenvalue weighted by Crippen LogP contribution is 2.22. The van der Waals surface area contributed by atoms with Crippen molar-refractivity contribution in [3.8, 4) is 0 Å². The molecule has 132 valence electrons. The standard InChI is InChI=1S/C19H20BrClN2O2/c1-12-3-5-14(6-4-12)18(23-13(2)24)10-19(25)22-11-15-7-8-16(20)9-17(15)21/h3-9,18H,10-11H2,1-2H3,(H,22,25)(H,23,24). The molecule has 0 saturated heterocycles. The Bertz CT molecular complexity index is 763. The van der Waals surface area contributed by atoms with Crippen LogP contribution in [0.3, 0.4) is 0 Å². The van der Waals surface area contributed by atoms with E-state index >= 15 is 0 Å². The van der Waals surface area contributed by atoms with Crippen LogP contribution in [0.15, 0.2) is 46.9 Å². The third kappa shape index (κ3) is 6.18. The number of hydrogen-bond acceptors (Lipinski definition) is 2. The number of halogens is 2. The predicted molar refractivity (Wildman–Crippen MR) is 103 cm³/mol. The monoisotopic (exact) mass is 422 g/mol. The normalized spacial score (nSPS) is 11.7. The van der Waals surface area contributed by atoms with Crippen molar-refractivity contribution in [1.82, 2.24) is 10.6 Å². The summed E-state index contributed by atoms with van der Waals surface area (Å²) >= 11 is 9.51. The Balaban J connectivity index is 2.01. The quantitative estimate of drug-likeness (QED) is 0.728. The van der Waals surface area contributed by atoms with E-state index in [-0.39, 0.29) is 24.3 Å². The molecule has 0 spiro atoms. The van der Waals surface area contributed by atoms with Crippen LogP contribution >= 0.6 is 27.5 Å². The summed E-state index contributed by atoms with van der Waals surface area (Å²) < 4.78 is 0.887. The lowest BCUT2D eigenvalue weighted by Crippen LogP contribution is -2.32. The average molecular weight is 424 g/mol. The first kappa shape index (κ1) is 19.5. The highest BCUT2D eigenvalue weighted by atomic mass is 79.9. The number of benzene rings is 2. The van der Waals surface area contributed by atoms with Crippen LogP contribution in [0.4, 0.5) is 0 Å². The molecule has 25 heavy (non-hydrogen) atoms. The minimum atomic E-state index is -0.363. The number of nitrogens with one attached hydrogen (secondary N) is 2. The molecule has 4 nitrogen and oxygen atoms in total. The number of aryl methyl sites for hydroxylation is 1. The highest BCUT2D eigenvalue weighted by Gasteiger charge is 2.17. The van der Waals surface area contributed by atoms with Crippen molar-refractivity contribution in [3.63, 3.8) is 0 Å². The van der Waals surface area contributed by atoms with E-state index in [1.54, 1.807) is 6.07 Å². The van der Waals surface area contributed by atoms with Gasteiger partial charge in [0, 0.05) is 23.0 Å². The number of hydrogen-bond donors (Lipinski definition) is 2. The summed E-state index contributed by atoms with van der Waals surface area (Å²) in [5, 5.41) is 6.28. The third-order valence-corrected chi connectivity index (χ3v) is 4.58. The molecule has 0 heterocycles. The molecule has 0 radical (unpaired) electrons. The van der Waals surface area contributed by atoms with Gasteiger partial charge in [-0.3, -0.25) is 9.59 Å². The Labute approximate surface area is 161 Å². The minimum absolute atomic E-state index is 0.154. The van der Waals surface area contributed by atoms with Crippen LogP contribution in [-0.2, 0) is 16.1 Å². The molecule has 2 aromatic carbocycles. The summed E-state index contributed by atoms with van der Waals surface area (Å²) in [6.07, 6.45) is 0.163. The topological polar surface area (TPSA) is 58.2 Å². The van der Waals surface area contributed by atoms with Gasteiger partial charge in [-0.15, -0.1) is 0 Å². The molecule has 6 heteroatoms. The Morgan fingerprint density at radius 1 is 1.16 bits per heavy atom. The van der Waals surface area contributed by atoms with Gasteiger partial charge in [-0.25, -0.2) is 0 Å². The van der Waals surface area contributed by atoms with Gasteiger partial charge in [-0.1, -0.05) is 63.4 Å². The molecule has 0 bridgehead atoms. The zero-order valence-electron chi connectivity index (χ0n) is 14.1. The SMILES string of the molecule is CC(=O)NC(CC(=O)NCc1ccc(Br)cc1Cl)c1ccc(C)cc1. The largest absolute Gasteiger partial charge is 0.352 e. The fraction of sp³-hybridized carbons (Fsp3) is 0.263. The summed E-state index contributed by atoms with van der Waals surface area (Å²) in [4.78, 5) is 23.8. The fourth-order valence-corrected chi connectivity index (χ4v) is 3.15. The van der Waals surface area contributed by atoms with Crippen LogP contribution in [0.1, 0.15) is 36.1 Å². The molecule has 0 saturated carbocycles. The molecule has 0 aliphatic rings. The van der Waals surface area contributed by atoms with E-state index in [0.717, 1.165) is 21.2 Å². The lowest BCUT2D eigenvalue weighted by Gasteiger charge is -2.18. The maximum absolute atomic E-state index is 12.3. The van der Waals surface area contributed by atoms with Crippen LogP contribution in [-0.4, -0.2) is 11.8 Å². The van der Waals surface area contributed by atoms with Gasteiger partial charge >= 0.3 is 0 Å². The molecule has 0 aliphatic carbocycles. The number of rotatable bonds is 6. The molecule has 0 aliphatic heterocycles. The van der Waals surface area contributed by atoms with E-state index < -0.39 is 0 Å². The summed E-state index contributed by atoms with van der Waals surface area (Å²) in [5.74, 6) is -0.326. The van der Waals surface area contributed by atoms with Crippen molar-refractivity contribution in [3.05, 3.63) is 68.7 Å². The molecule has 1 unspecified atom stereocenters. The second-order valence-corrected chi connectivity index (χ2v) is 7.20.